The standard InChI is InChI=1S/C11H14BrN3/c1-2-9(14)7-15-11-4-3-8(6-13)5-10(11)12/h3-5,9,15H,2,7,14H2,1H3. The fraction of sp³-hybridized carbons (Fsp3) is 0.364. The molecule has 0 aliphatic rings. The molecule has 3 N–H and O–H groups in total. The predicted octanol–water partition coefficient (Wildman–Crippen LogP) is 2.47. The van der Waals surface area contributed by atoms with Crippen LogP contribution in [0.25, 0.3) is 0 Å². The Morgan fingerprint density at radius 2 is 2.33 bits per heavy atom. The van der Waals surface area contributed by atoms with Gasteiger partial charge < -0.3 is 11.1 Å². The van der Waals surface area contributed by atoms with Gasteiger partial charge in [0.2, 0.25) is 0 Å². The van der Waals surface area contributed by atoms with Gasteiger partial charge in [-0.1, -0.05) is 6.92 Å². The number of nitrogens with one attached hydrogen (secondary N) is 1. The molecule has 0 spiro atoms. The van der Waals surface area contributed by atoms with Crippen LogP contribution in [0.4, 0.5) is 5.69 Å². The van der Waals surface area contributed by atoms with Gasteiger partial charge >= 0.3 is 0 Å². The van der Waals surface area contributed by atoms with Crippen molar-refractivity contribution in [2.45, 2.75) is 19.4 Å². The highest BCUT2D eigenvalue weighted by Gasteiger charge is 2.03. The van der Waals surface area contributed by atoms with E-state index in [0.717, 1.165) is 23.1 Å². The third-order valence-electron chi connectivity index (χ3n) is 2.18. The molecule has 1 aromatic carbocycles. The lowest BCUT2D eigenvalue weighted by Crippen LogP contribution is -2.28. The van der Waals surface area contributed by atoms with Crippen molar-refractivity contribution in [2.24, 2.45) is 5.73 Å². The molecular formula is C11H14BrN3. The number of benzene rings is 1. The molecule has 0 amide bonds. The molecule has 0 heterocycles. The van der Waals surface area contributed by atoms with Crippen molar-refractivity contribution in [2.75, 3.05) is 11.9 Å². The summed E-state index contributed by atoms with van der Waals surface area (Å²) >= 11 is 3.41. The van der Waals surface area contributed by atoms with Gasteiger partial charge in [0.15, 0.2) is 0 Å². The molecule has 80 valence electrons. The van der Waals surface area contributed by atoms with Crippen LogP contribution in [0.15, 0.2) is 22.7 Å². The molecule has 0 aromatic heterocycles. The minimum Gasteiger partial charge on any atom is -0.383 e. The van der Waals surface area contributed by atoms with E-state index in [9.17, 15) is 0 Å². The zero-order valence-electron chi connectivity index (χ0n) is 8.63. The van der Waals surface area contributed by atoms with Crippen LogP contribution in [-0.2, 0) is 0 Å². The Hall–Kier alpha value is -1.05. The molecule has 1 rings (SSSR count). The molecule has 0 saturated carbocycles. The highest BCUT2D eigenvalue weighted by molar-refractivity contribution is 9.10. The fourth-order valence-corrected chi connectivity index (χ4v) is 1.63. The lowest BCUT2D eigenvalue weighted by atomic mass is 10.2. The smallest absolute Gasteiger partial charge is 0.0992 e. The predicted molar refractivity (Wildman–Crippen MR) is 65.6 cm³/mol. The average Bonchev–Trinajstić information content (AvgIpc) is 2.26. The van der Waals surface area contributed by atoms with Gasteiger partial charge in [0.25, 0.3) is 0 Å². The third-order valence-corrected chi connectivity index (χ3v) is 2.83. The van der Waals surface area contributed by atoms with Crippen LogP contribution in [0.3, 0.4) is 0 Å². The molecular weight excluding hydrogens is 254 g/mol. The summed E-state index contributed by atoms with van der Waals surface area (Å²) in [5.74, 6) is 0. The number of nitriles is 1. The van der Waals surface area contributed by atoms with E-state index >= 15 is 0 Å². The van der Waals surface area contributed by atoms with Gasteiger partial charge in [0, 0.05) is 22.7 Å². The van der Waals surface area contributed by atoms with Gasteiger partial charge in [0.1, 0.15) is 0 Å². The maximum Gasteiger partial charge on any atom is 0.0992 e. The van der Waals surface area contributed by atoms with Crippen molar-refractivity contribution in [3.63, 3.8) is 0 Å². The van der Waals surface area contributed by atoms with E-state index in [1.807, 2.05) is 6.07 Å². The van der Waals surface area contributed by atoms with E-state index in [0.29, 0.717) is 5.56 Å². The first-order chi connectivity index (χ1) is 7.17. The summed E-state index contributed by atoms with van der Waals surface area (Å²) in [5.41, 5.74) is 7.41. The van der Waals surface area contributed by atoms with Crippen LogP contribution >= 0.6 is 15.9 Å². The monoisotopic (exact) mass is 267 g/mol. The molecule has 0 aliphatic carbocycles. The van der Waals surface area contributed by atoms with Crippen LogP contribution in [0.5, 0.6) is 0 Å². The lowest BCUT2D eigenvalue weighted by molar-refractivity contribution is 0.679. The first kappa shape index (κ1) is 12.0. The molecule has 15 heavy (non-hydrogen) atoms. The first-order valence-corrected chi connectivity index (χ1v) is 5.65. The van der Waals surface area contributed by atoms with Gasteiger partial charge in [-0.15, -0.1) is 0 Å². The van der Waals surface area contributed by atoms with Crippen LogP contribution in [0.2, 0.25) is 0 Å². The Kier molecular flexibility index (Phi) is 4.60. The second kappa shape index (κ2) is 5.74. The summed E-state index contributed by atoms with van der Waals surface area (Å²) in [7, 11) is 0. The van der Waals surface area contributed by atoms with Crippen LogP contribution in [-0.4, -0.2) is 12.6 Å². The summed E-state index contributed by atoms with van der Waals surface area (Å²) < 4.78 is 0.893. The molecule has 4 heteroatoms. The van der Waals surface area contributed by atoms with E-state index in [1.165, 1.54) is 0 Å². The van der Waals surface area contributed by atoms with Crippen LogP contribution < -0.4 is 11.1 Å². The summed E-state index contributed by atoms with van der Waals surface area (Å²) in [6.45, 7) is 2.79. The lowest BCUT2D eigenvalue weighted by Gasteiger charge is -2.12. The number of nitrogens with two attached hydrogens (primary N) is 1. The normalized spacial score (nSPS) is 11.9. The Bertz CT molecular complexity index is 371. The van der Waals surface area contributed by atoms with Gasteiger partial charge in [-0.3, -0.25) is 0 Å². The molecule has 1 atom stereocenters. The summed E-state index contributed by atoms with van der Waals surface area (Å²) in [4.78, 5) is 0. The largest absolute Gasteiger partial charge is 0.383 e. The van der Waals surface area contributed by atoms with Gasteiger partial charge in [-0.05, 0) is 40.5 Å². The third kappa shape index (κ3) is 3.54. The van der Waals surface area contributed by atoms with Crippen molar-refractivity contribution in [3.05, 3.63) is 28.2 Å². The minimum atomic E-state index is 0.160. The quantitative estimate of drug-likeness (QED) is 0.881. The summed E-state index contributed by atoms with van der Waals surface area (Å²) in [6, 6.07) is 7.70. The molecule has 0 aliphatic heterocycles. The van der Waals surface area contributed by atoms with E-state index < -0.39 is 0 Å². The van der Waals surface area contributed by atoms with Crippen molar-refractivity contribution in [3.8, 4) is 6.07 Å². The zero-order chi connectivity index (χ0) is 11.3. The van der Waals surface area contributed by atoms with Crippen LogP contribution in [0.1, 0.15) is 18.9 Å². The second-order valence-corrected chi connectivity index (χ2v) is 4.21. The number of hydrogen-bond donors (Lipinski definition) is 2. The van der Waals surface area contributed by atoms with Gasteiger partial charge in [-0.25, -0.2) is 0 Å². The number of rotatable bonds is 4. The van der Waals surface area contributed by atoms with Crippen molar-refractivity contribution in [1.82, 2.24) is 0 Å². The molecule has 0 saturated heterocycles. The number of anilines is 1. The second-order valence-electron chi connectivity index (χ2n) is 3.36. The minimum absolute atomic E-state index is 0.160. The summed E-state index contributed by atoms with van der Waals surface area (Å²) in [6.07, 6.45) is 0.945. The Labute approximate surface area is 98.4 Å². The maximum atomic E-state index is 8.70. The summed E-state index contributed by atoms with van der Waals surface area (Å²) in [5, 5.41) is 11.9. The average molecular weight is 268 g/mol. The highest BCUT2D eigenvalue weighted by Crippen LogP contribution is 2.23. The van der Waals surface area contributed by atoms with E-state index in [1.54, 1.807) is 12.1 Å². The Balaban J connectivity index is 2.67. The molecule has 0 fully saturated rings. The molecule has 1 unspecified atom stereocenters. The fourth-order valence-electron chi connectivity index (χ4n) is 1.11. The van der Waals surface area contributed by atoms with E-state index in [-0.39, 0.29) is 6.04 Å². The van der Waals surface area contributed by atoms with Gasteiger partial charge in [0.05, 0.1) is 11.6 Å². The first-order valence-electron chi connectivity index (χ1n) is 4.86. The van der Waals surface area contributed by atoms with E-state index in [2.05, 4.69) is 34.2 Å². The number of hydrogen-bond acceptors (Lipinski definition) is 3. The Morgan fingerprint density at radius 1 is 1.60 bits per heavy atom. The molecule has 3 nitrogen and oxygen atoms in total. The zero-order valence-corrected chi connectivity index (χ0v) is 10.2. The molecule has 0 radical (unpaired) electrons. The maximum absolute atomic E-state index is 8.70. The van der Waals surface area contributed by atoms with Crippen molar-refractivity contribution < 1.29 is 0 Å². The SMILES string of the molecule is CCC(N)CNc1ccc(C#N)cc1Br. The van der Waals surface area contributed by atoms with E-state index in [4.69, 9.17) is 11.0 Å². The highest BCUT2D eigenvalue weighted by atomic mass is 79.9. The topological polar surface area (TPSA) is 61.8 Å². The number of halogens is 1. The van der Waals surface area contributed by atoms with Crippen LogP contribution in [0, 0.1) is 11.3 Å². The molecule has 0 bridgehead atoms. The van der Waals surface area contributed by atoms with Crippen molar-refractivity contribution >= 4 is 21.6 Å². The van der Waals surface area contributed by atoms with Crippen molar-refractivity contribution in [1.29, 1.82) is 5.26 Å². The number of nitrogens with zero attached hydrogens (tertiary/aromatic N) is 1. The molecule has 1 aromatic rings. The van der Waals surface area contributed by atoms with Gasteiger partial charge in [-0.2, -0.15) is 5.26 Å². The Morgan fingerprint density at radius 3 is 2.87 bits per heavy atom.